The molecule has 1 atom stereocenters. The molecule has 2 aromatic heterocycles. The lowest BCUT2D eigenvalue weighted by atomic mass is 10.1. The molecule has 1 saturated heterocycles. The number of carbonyl (C=O) groups is 2. The van der Waals surface area contributed by atoms with Gasteiger partial charge in [-0.2, -0.15) is 0 Å². The number of carbonyl (C=O) groups excluding carboxylic acids is 2. The van der Waals surface area contributed by atoms with E-state index in [4.69, 9.17) is 12.2 Å². The zero-order valence-electron chi connectivity index (χ0n) is 11.3. The molecular weight excluding hydrogens is 310 g/mol. The number of thioether (sulfide) groups is 1. The number of H-pyrrole nitrogens is 2. The van der Waals surface area contributed by atoms with Gasteiger partial charge in [0.1, 0.15) is 5.52 Å². The molecule has 1 aliphatic heterocycles. The molecule has 2 aromatic rings. The Hall–Kier alpha value is -1.74. The minimum atomic E-state index is -0.0165. The first-order valence-electron chi connectivity index (χ1n) is 6.41. The van der Waals surface area contributed by atoms with Crippen LogP contribution in [0.2, 0.25) is 0 Å². The third-order valence-corrected chi connectivity index (χ3v) is 4.61. The van der Waals surface area contributed by atoms with Crippen molar-refractivity contribution in [2.24, 2.45) is 5.92 Å². The average molecular weight is 323 g/mol. The number of nitrogens with zero attached hydrogens (tertiary/aromatic N) is 3. The molecule has 9 heteroatoms. The van der Waals surface area contributed by atoms with Crippen LogP contribution in [-0.2, 0) is 9.59 Å². The van der Waals surface area contributed by atoms with E-state index in [-0.39, 0.29) is 16.9 Å². The number of anilines is 1. The Morgan fingerprint density at radius 2 is 2.43 bits per heavy atom. The molecule has 0 bridgehead atoms. The molecular formula is C12H13N5O2S2. The fraction of sp³-hybridized carbons (Fsp3) is 0.417. The van der Waals surface area contributed by atoms with E-state index in [9.17, 15) is 9.59 Å². The summed E-state index contributed by atoms with van der Waals surface area (Å²) in [6, 6.07) is 0. The first-order chi connectivity index (χ1) is 10.0. The fourth-order valence-electron chi connectivity index (χ4n) is 2.30. The standard InChI is InChI=1S/C12H13N5O2S2/c1-6(18)21-4-7-2-8(19)17(3-7)12-15-10-9(11(20)16-12)13-5-14-10/h5,7H,2-4H2,1H3,(H2,13,14,15,16,20). The fourth-order valence-corrected chi connectivity index (χ4v) is 3.23. The number of hydrogen-bond acceptors (Lipinski definition) is 6. The largest absolute Gasteiger partial charge is 0.341 e. The second-order valence-electron chi connectivity index (χ2n) is 4.87. The van der Waals surface area contributed by atoms with Crippen LogP contribution in [0.5, 0.6) is 0 Å². The summed E-state index contributed by atoms with van der Waals surface area (Å²) in [5.74, 6) is 1.19. The highest BCUT2D eigenvalue weighted by atomic mass is 32.2. The number of rotatable bonds is 3. The minimum absolute atomic E-state index is 0.0165. The summed E-state index contributed by atoms with van der Waals surface area (Å²) in [4.78, 5) is 39.0. The Balaban J connectivity index is 1.83. The second-order valence-corrected chi connectivity index (χ2v) is 6.45. The number of aromatic nitrogens is 4. The van der Waals surface area contributed by atoms with Crippen LogP contribution in [0, 0.1) is 10.6 Å². The number of aromatic amines is 2. The van der Waals surface area contributed by atoms with Gasteiger partial charge >= 0.3 is 0 Å². The van der Waals surface area contributed by atoms with E-state index in [0.29, 0.717) is 40.5 Å². The molecule has 0 aromatic carbocycles. The third-order valence-electron chi connectivity index (χ3n) is 3.27. The third kappa shape index (κ3) is 2.84. The average Bonchev–Trinajstić information content (AvgIpc) is 3.02. The molecule has 110 valence electrons. The van der Waals surface area contributed by atoms with E-state index >= 15 is 0 Å². The zero-order chi connectivity index (χ0) is 15.0. The number of imidazole rings is 1. The van der Waals surface area contributed by atoms with Gasteiger partial charge in [0, 0.05) is 25.6 Å². The highest BCUT2D eigenvalue weighted by Gasteiger charge is 2.32. The predicted molar refractivity (Wildman–Crippen MR) is 82.7 cm³/mol. The van der Waals surface area contributed by atoms with Crippen LogP contribution in [0.3, 0.4) is 0 Å². The van der Waals surface area contributed by atoms with Crippen molar-refractivity contribution in [1.82, 2.24) is 19.9 Å². The molecule has 7 nitrogen and oxygen atoms in total. The lowest BCUT2D eigenvalue weighted by Gasteiger charge is -2.14. The maximum absolute atomic E-state index is 12.1. The lowest BCUT2D eigenvalue weighted by Crippen LogP contribution is -2.27. The Morgan fingerprint density at radius 3 is 3.19 bits per heavy atom. The van der Waals surface area contributed by atoms with E-state index < -0.39 is 0 Å². The van der Waals surface area contributed by atoms with Gasteiger partial charge in [-0.3, -0.25) is 14.5 Å². The maximum Gasteiger partial charge on any atom is 0.229 e. The molecule has 0 spiro atoms. The van der Waals surface area contributed by atoms with Crippen molar-refractivity contribution < 1.29 is 9.59 Å². The van der Waals surface area contributed by atoms with Crippen LogP contribution in [0.25, 0.3) is 11.2 Å². The molecule has 1 fully saturated rings. The summed E-state index contributed by atoms with van der Waals surface area (Å²) < 4.78 is 0.380. The van der Waals surface area contributed by atoms with Crippen LogP contribution in [-0.4, -0.2) is 43.3 Å². The molecule has 0 radical (unpaired) electrons. The highest BCUT2D eigenvalue weighted by Crippen LogP contribution is 2.26. The smallest absolute Gasteiger partial charge is 0.229 e. The molecule has 1 aliphatic rings. The van der Waals surface area contributed by atoms with E-state index in [0.717, 1.165) is 0 Å². The van der Waals surface area contributed by atoms with Gasteiger partial charge in [-0.25, -0.2) is 9.97 Å². The molecule has 21 heavy (non-hydrogen) atoms. The van der Waals surface area contributed by atoms with Gasteiger partial charge < -0.3 is 9.97 Å². The van der Waals surface area contributed by atoms with Crippen LogP contribution in [0.15, 0.2) is 6.33 Å². The maximum atomic E-state index is 12.1. The quantitative estimate of drug-likeness (QED) is 0.834. The number of hydrogen-bond donors (Lipinski definition) is 2. The molecule has 0 aliphatic carbocycles. The molecule has 1 amide bonds. The highest BCUT2D eigenvalue weighted by molar-refractivity contribution is 8.13. The first-order valence-corrected chi connectivity index (χ1v) is 7.81. The van der Waals surface area contributed by atoms with Crippen molar-refractivity contribution in [3.8, 4) is 0 Å². The van der Waals surface area contributed by atoms with Crippen molar-refractivity contribution >= 4 is 52.1 Å². The zero-order valence-corrected chi connectivity index (χ0v) is 12.9. The number of fused-ring (bicyclic) bond motifs is 1. The summed E-state index contributed by atoms with van der Waals surface area (Å²) in [6.45, 7) is 2.07. The van der Waals surface area contributed by atoms with Gasteiger partial charge in [0.2, 0.25) is 11.9 Å². The SMILES string of the molecule is CC(=O)SCC1CC(=O)N(c2nc(=S)c3[nH]cnc3[nH]2)C1. The summed E-state index contributed by atoms with van der Waals surface area (Å²) >= 11 is 6.44. The van der Waals surface area contributed by atoms with Crippen molar-refractivity contribution in [3.63, 3.8) is 0 Å². The molecule has 1 unspecified atom stereocenters. The van der Waals surface area contributed by atoms with Crippen LogP contribution in [0.1, 0.15) is 13.3 Å². The molecule has 0 saturated carbocycles. The summed E-state index contributed by atoms with van der Waals surface area (Å²) in [5, 5.41) is 0.0661. The second kappa shape index (κ2) is 5.57. The predicted octanol–water partition coefficient (Wildman–Crippen LogP) is 1.65. The number of amides is 1. The van der Waals surface area contributed by atoms with E-state index in [1.165, 1.54) is 25.0 Å². The van der Waals surface area contributed by atoms with Crippen LogP contribution < -0.4 is 4.90 Å². The molecule has 2 N–H and O–H groups in total. The lowest BCUT2D eigenvalue weighted by molar-refractivity contribution is -0.117. The van der Waals surface area contributed by atoms with E-state index in [1.807, 2.05) is 0 Å². The Morgan fingerprint density at radius 1 is 1.62 bits per heavy atom. The topological polar surface area (TPSA) is 94.7 Å². The van der Waals surface area contributed by atoms with Gasteiger partial charge in [0.05, 0.1) is 6.33 Å². The van der Waals surface area contributed by atoms with Gasteiger partial charge in [-0.15, -0.1) is 0 Å². The van der Waals surface area contributed by atoms with Crippen molar-refractivity contribution in [3.05, 3.63) is 11.0 Å². The summed E-state index contributed by atoms with van der Waals surface area (Å²) in [5.41, 5.74) is 1.24. The minimum Gasteiger partial charge on any atom is -0.341 e. The van der Waals surface area contributed by atoms with Gasteiger partial charge in [0.15, 0.2) is 15.4 Å². The first kappa shape index (κ1) is 14.2. The normalized spacial score (nSPS) is 18.6. The summed E-state index contributed by atoms with van der Waals surface area (Å²) in [6.07, 6.45) is 1.95. The van der Waals surface area contributed by atoms with Crippen molar-refractivity contribution in [2.45, 2.75) is 13.3 Å². The van der Waals surface area contributed by atoms with Crippen LogP contribution in [0.4, 0.5) is 5.95 Å². The Kier molecular flexibility index (Phi) is 3.77. The van der Waals surface area contributed by atoms with E-state index in [1.54, 1.807) is 4.90 Å². The van der Waals surface area contributed by atoms with Crippen molar-refractivity contribution in [1.29, 1.82) is 0 Å². The van der Waals surface area contributed by atoms with Gasteiger partial charge in [0.25, 0.3) is 0 Å². The Bertz CT molecular complexity index is 768. The Labute approximate surface area is 129 Å². The molecule has 3 heterocycles. The van der Waals surface area contributed by atoms with E-state index in [2.05, 4.69) is 19.9 Å². The molecule has 3 rings (SSSR count). The summed E-state index contributed by atoms with van der Waals surface area (Å²) in [7, 11) is 0. The van der Waals surface area contributed by atoms with Gasteiger partial charge in [-0.1, -0.05) is 24.0 Å². The van der Waals surface area contributed by atoms with Crippen LogP contribution >= 0.6 is 24.0 Å². The van der Waals surface area contributed by atoms with Crippen molar-refractivity contribution in [2.75, 3.05) is 17.2 Å². The number of nitrogens with one attached hydrogen (secondary N) is 2. The monoisotopic (exact) mass is 323 g/mol. The van der Waals surface area contributed by atoms with Gasteiger partial charge in [-0.05, 0) is 5.92 Å².